The van der Waals surface area contributed by atoms with Gasteiger partial charge in [-0.2, -0.15) is 0 Å². The molecule has 4 aliphatic rings. The molecule has 0 aliphatic heterocycles. The van der Waals surface area contributed by atoms with Gasteiger partial charge in [-0.25, -0.2) is 0 Å². The number of fused-ring (bicyclic) bond motifs is 5. The number of allylic oxidation sites excluding steroid dienone is 1. The van der Waals surface area contributed by atoms with Crippen molar-refractivity contribution in [2.24, 2.45) is 39.9 Å². The molecular formula is C37H60N2O8. The lowest BCUT2D eigenvalue weighted by Gasteiger charge is -2.63. The molecule has 47 heavy (non-hydrogen) atoms. The minimum Gasteiger partial charge on any atom is -0.480 e. The average Bonchev–Trinajstić information content (AvgIpc) is 3.30. The molecule has 4 aliphatic carbocycles. The summed E-state index contributed by atoms with van der Waals surface area (Å²) in [5.74, 6) is -1.02. The van der Waals surface area contributed by atoms with Crippen LogP contribution in [0, 0.1) is 39.9 Å². The largest absolute Gasteiger partial charge is 0.480 e. The van der Waals surface area contributed by atoms with Crippen LogP contribution in [0.2, 0.25) is 0 Å². The van der Waals surface area contributed by atoms with Crippen molar-refractivity contribution in [3.63, 3.8) is 0 Å². The lowest BCUT2D eigenvalue weighted by molar-refractivity contribution is -0.155. The highest BCUT2D eigenvalue weighted by Gasteiger charge is 2.63. The number of esters is 1. The number of rotatable bonds is 17. The van der Waals surface area contributed by atoms with Crippen molar-refractivity contribution in [2.75, 3.05) is 39.3 Å². The third-order valence-electron chi connectivity index (χ3n) is 12.9. The Labute approximate surface area is 281 Å². The van der Waals surface area contributed by atoms with Crippen LogP contribution in [0.5, 0.6) is 0 Å². The molecule has 10 nitrogen and oxygen atoms in total. The fraction of sp³-hybridized carbons (Fsp3) is 0.838. The molecular weight excluding hydrogens is 600 g/mol. The number of aliphatic carboxylic acids is 3. The van der Waals surface area contributed by atoms with Crippen LogP contribution in [0.25, 0.3) is 0 Å². The molecule has 3 saturated carbocycles. The summed E-state index contributed by atoms with van der Waals surface area (Å²) < 4.78 is 5.94. The van der Waals surface area contributed by atoms with Crippen LogP contribution < -0.4 is 0 Å². The highest BCUT2D eigenvalue weighted by atomic mass is 16.5. The quantitative estimate of drug-likeness (QED) is 0.0974. The Morgan fingerprint density at radius 1 is 0.809 bits per heavy atom. The van der Waals surface area contributed by atoms with E-state index in [1.54, 1.807) is 0 Å². The molecule has 0 bridgehead atoms. The van der Waals surface area contributed by atoms with E-state index in [0.29, 0.717) is 17.8 Å². The third kappa shape index (κ3) is 8.77. The maximum Gasteiger partial charge on any atom is 0.320 e. The van der Waals surface area contributed by atoms with Crippen LogP contribution >= 0.6 is 0 Å². The average molecular weight is 661 g/mol. The molecule has 0 radical (unpaired) electrons. The first-order chi connectivity index (χ1) is 22.1. The van der Waals surface area contributed by atoms with Gasteiger partial charge in [0.05, 0.1) is 26.2 Å². The summed E-state index contributed by atoms with van der Waals surface area (Å²) in [5, 5.41) is 27.6. The van der Waals surface area contributed by atoms with Crippen molar-refractivity contribution >= 4 is 23.9 Å². The number of unbranched alkanes of at least 4 members (excludes halogenated alkanes) is 1. The minimum absolute atomic E-state index is 0.00704. The molecule has 10 heteroatoms. The topological polar surface area (TPSA) is 145 Å². The van der Waals surface area contributed by atoms with Gasteiger partial charge in [0, 0.05) is 19.5 Å². The maximum absolute atomic E-state index is 13.1. The van der Waals surface area contributed by atoms with E-state index in [-0.39, 0.29) is 36.6 Å². The molecule has 0 aromatic heterocycles. The molecule has 0 unspecified atom stereocenters. The summed E-state index contributed by atoms with van der Waals surface area (Å²) in [5.41, 5.74) is 2.22. The number of carbonyl (C=O) groups is 4. The number of ether oxygens (including phenoxy) is 1. The Morgan fingerprint density at radius 2 is 1.43 bits per heavy atom. The predicted octanol–water partition coefficient (Wildman–Crippen LogP) is 5.94. The van der Waals surface area contributed by atoms with E-state index >= 15 is 0 Å². The zero-order valence-corrected chi connectivity index (χ0v) is 29.5. The van der Waals surface area contributed by atoms with Crippen molar-refractivity contribution in [3.8, 4) is 0 Å². The number of hydrogen-bond donors (Lipinski definition) is 3. The van der Waals surface area contributed by atoms with Crippen LogP contribution in [0.1, 0.15) is 112 Å². The SMILES string of the molecule is CC(C)CCCC[C@H]1CC[C@H]2[C@]3(C)CC=C4C[C@@H](OC(=O)CN(CCN(CC(=O)O)CC(=O)O)CC(=O)O)CC[C@]4(C)[C@H]3CC[C@]12C. The summed E-state index contributed by atoms with van der Waals surface area (Å²) in [7, 11) is 0. The Bertz CT molecular complexity index is 1170. The van der Waals surface area contributed by atoms with E-state index in [9.17, 15) is 24.3 Å². The highest BCUT2D eigenvalue weighted by molar-refractivity contribution is 5.74. The van der Waals surface area contributed by atoms with Gasteiger partial charge in [0.15, 0.2) is 0 Å². The van der Waals surface area contributed by atoms with Crippen molar-refractivity contribution < 1.29 is 39.2 Å². The van der Waals surface area contributed by atoms with Gasteiger partial charge in [0.2, 0.25) is 0 Å². The van der Waals surface area contributed by atoms with E-state index in [0.717, 1.165) is 37.0 Å². The predicted molar refractivity (Wildman–Crippen MR) is 179 cm³/mol. The second kappa shape index (κ2) is 15.4. The maximum atomic E-state index is 13.1. The third-order valence-corrected chi connectivity index (χ3v) is 12.9. The lowest BCUT2D eigenvalue weighted by Crippen LogP contribution is -2.56. The fourth-order valence-corrected chi connectivity index (χ4v) is 10.6. The summed E-state index contributed by atoms with van der Waals surface area (Å²) in [6.45, 7) is 10.6. The summed E-state index contributed by atoms with van der Waals surface area (Å²) in [6, 6.07) is 0. The van der Waals surface area contributed by atoms with Gasteiger partial charge in [-0.05, 0) is 91.3 Å². The lowest BCUT2D eigenvalue weighted by atomic mass is 9.41. The fourth-order valence-electron chi connectivity index (χ4n) is 10.6. The van der Waals surface area contributed by atoms with Gasteiger partial charge in [0.1, 0.15) is 6.10 Å². The zero-order valence-electron chi connectivity index (χ0n) is 29.5. The molecule has 7 atom stereocenters. The molecule has 266 valence electrons. The molecule has 3 N–H and O–H groups in total. The standard InChI is InChI=1S/C37H60N2O8/c1-25(2)8-6-7-9-26-10-11-29-35(26,3)17-14-30-36(4)16-13-28(20-27(36)12-15-37(29,30)5)47-34(46)24-39(23-33(44)45)19-18-38(21-31(40)41)22-32(42)43/h12,25-26,28-30H,6-11,13-24H2,1-5H3,(H,40,41)(H,42,43)(H,44,45)/t26-,28-,29+,30+,35+,36-,37-/m0/s1. The number of nitrogens with zero attached hydrogens (tertiary/aromatic N) is 2. The molecule has 4 rings (SSSR count). The van der Waals surface area contributed by atoms with Gasteiger partial charge < -0.3 is 20.1 Å². The summed E-state index contributed by atoms with van der Waals surface area (Å²) >= 11 is 0. The van der Waals surface area contributed by atoms with Crippen LogP contribution in [0.4, 0.5) is 0 Å². The van der Waals surface area contributed by atoms with Crippen LogP contribution in [-0.2, 0) is 23.9 Å². The monoisotopic (exact) mass is 660 g/mol. The summed E-state index contributed by atoms with van der Waals surface area (Å²) in [4.78, 5) is 49.4. The van der Waals surface area contributed by atoms with Crippen molar-refractivity contribution in [1.82, 2.24) is 9.80 Å². The van der Waals surface area contributed by atoms with Crippen molar-refractivity contribution in [2.45, 2.75) is 118 Å². The normalized spacial score (nSPS) is 33.2. The molecule has 0 aromatic rings. The Hall–Kier alpha value is -2.46. The highest BCUT2D eigenvalue weighted by Crippen LogP contribution is 2.71. The van der Waals surface area contributed by atoms with Gasteiger partial charge in [-0.1, -0.05) is 65.5 Å². The smallest absolute Gasteiger partial charge is 0.320 e. The molecule has 0 aromatic carbocycles. The Balaban J connectivity index is 1.36. The first-order valence-electron chi connectivity index (χ1n) is 18.1. The second-order valence-corrected chi connectivity index (χ2v) is 16.4. The van der Waals surface area contributed by atoms with Crippen LogP contribution in [-0.4, -0.2) is 94.4 Å². The Kier molecular flexibility index (Phi) is 12.2. The van der Waals surface area contributed by atoms with Gasteiger partial charge >= 0.3 is 23.9 Å². The second-order valence-electron chi connectivity index (χ2n) is 16.4. The van der Waals surface area contributed by atoms with Crippen LogP contribution in [0.15, 0.2) is 11.6 Å². The number of carbonyl (C=O) groups excluding carboxylic acids is 1. The number of carboxylic acid groups (broad SMARTS) is 3. The molecule has 3 fully saturated rings. The van der Waals surface area contributed by atoms with Crippen molar-refractivity contribution in [1.29, 1.82) is 0 Å². The Morgan fingerprint density at radius 3 is 2.02 bits per heavy atom. The van der Waals surface area contributed by atoms with Gasteiger partial charge in [-0.15, -0.1) is 0 Å². The van der Waals surface area contributed by atoms with Crippen LogP contribution in [0.3, 0.4) is 0 Å². The molecule has 0 amide bonds. The summed E-state index contributed by atoms with van der Waals surface area (Å²) in [6.07, 6.45) is 16.4. The first kappa shape index (κ1) is 37.4. The van der Waals surface area contributed by atoms with E-state index < -0.39 is 43.5 Å². The zero-order chi connectivity index (χ0) is 34.6. The van der Waals surface area contributed by atoms with Crippen molar-refractivity contribution in [3.05, 3.63) is 11.6 Å². The van der Waals surface area contributed by atoms with E-state index in [1.165, 1.54) is 66.7 Å². The first-order valence-corrected chi connectivity index (χ1v) is 18.1. The van der Waals surface area contributed by atoms with E-state index in [4.69, 9.17) is 14.9 Å². The number of hydrogen-bond acceptors (Lipinski definition) is 7. The molecule has 0 spiro atoms. The minimum atomic E-state index is -1.18. The molecule has 0 heterocycles. The van der Waals surface area contributed by atoms with E-state index in [2.05, 4.69) is 40.7 Å². The van der Waals surface area contributed by atoms with Gasteiger partial charge in [0.25, 0.3) is 0 Å². The van der Waals surface area contributed by atoms with Gasteiger partial charge in [-0.3, -0.25) is 29.0 Å². The van der Waals surface area contributed by atoms with E-state index in [1.807, 2.05) is 0 Å². The molecule has 0 saturated heterocycles. The number of carboxylic acids is 3.